The maximum absolute atomic E-state index is 12.6. The van der Waals surface area contributed by atoms with E-state index < -0.39 is 22.5 Å². The third kappa shape index (κ3) is 4.70. The Morgan fingerprint density at radius 3 is 2.30 bits per heavy atom. The van der Waals surface area contributed by atoms with Crippen LogP contribution in [0.3, 0.4) is 0 Å². The Morgan fingerprint density at radius 1 is 1.07 bits per heavy atom. The van der Waals surface area contributed by atoms with E-state index in [9.17, 15) is 22.8 Å². The van der Waals surface area contributed by atoms with E-state index in [4.69, 9.17) is 5.73 Å². The van der Waals surface area contributed by atoms with E-state index in [2.05, 4.69) is 5.32 Å². The Hall–Kier alpha value is -2.32. The van der Waals surface area contributed by atoms with Gasteiger partial charge in [0.25, 0.3) is 5.24 Å². The average molecular weight is 394 g/mol. The summed E-state index contributed by atoms with van der Waals surface area (Å²) in [6.45, 7) is 0. The van der Waals surface area contributed by atoms with Crippen molar-refractivity contribution in [1.82, 2.24) is 0 Å². The van der Waals surface area contributed by atoms with Crippen molar-refractivity contribution in [2.24, 2.45) is 5.73 Å². The van der Waals surface area contributed by atoms with Gasteiger partial charge in [-0.2, -0.15) is 13.2 Å². The van der Waals surface area contributed by atoms with Crippen LogP contribution in [0.2, 0.25) is 0 Å². The lowest BCUT2D eigenvalue weighted by molar-refractivity contribution is -0.137. The first kappa shape index (κ1) is 19.4. The average Bonchev–Trinajstić information content (AvgIpc) is 3.38. The molecule has 0 spiro atoms. The van der Waals surface area contributed by atoms with Crippen molar-refractivity contribution < 1.29 is 22.8 Å². The van der Waals surface area contributed by atoms with Gasteiger partial charge in [0.1, 0.15) is 0 Å². The van der Waals surface area contributed by atoms with Crippen LogP contribution in [0.25, 0.3) is 0 Å². The monoisotopic (exact) mass is 394 g/mol. The van der Waals surface area contributed by atoms with Crippen molar-refractivity contribution in [3.05, 3.63) is 65.2 Å². The number of rotatable bonds is 5. The molecule has 0 atom stereocenters. The highest BCUT2D eigenvalue weighted by Crippen LogP contribution is 2.37. The number of benzene rings is 2. The highest BCUT2D eigenvalue weighted by atomic mass is 32.2. The molecule has 3 N–H and O–H groups in total. The number of carbonyl (C=O) groups is 2. The van der Waals surface area contributed by atoms with Gasteiger partial charge in [-0.3, -0.25) is 9.59 Å². The van der Waals surface area contributed by atoms with Crippen LogP contribution in [0, 0.1) is 0 Å². The molecule has 1 fully saturated rings. The number of nitrogens with two attached hydrogens (primary N) is 1. The predicted molar refractivity (Wildman–Crippen MR) is 98.7 cm³/mol. The van der Waals surface area contributed by atoms with Gasteiger partial charge in [0.15, 0.2) is 5.78 Å². The second-order valence-corrected chi connectivity index (χ2v) is 7.37. The fourth-order valence-electron chi connectivity index (χ4n) is 2.50. The molecule has 142 valence electrons. The minimum atomic E-state index is -4.39. The Kier molecular flexibility index (Phi) is 5.30. The van der Waals surface area contributed by atoms with Gasteiger partial charge in [0.2, 0.25) is 0 Å². The van der Waals surface area contributed by atoms with Crippen LogP contribution in [0.1, 0.15) is 34.3 Å². The highest BCUT2D eigenvalue weighted by molar-refractivity contribution is 8.13. The molecule has 0 unspecified atom stereocenters. The molecule has 1 saturated carbocycles. The molecule has 3 rings (SSSR count). The summed E-state index contributed by atoms with van der Waals surface area (Å²) in [5, 5.41) is 2.26. The molecule has 0 bridgehead atoms. The van der Waals surface area contributed by atoms with Crippen LogP contribution in [-0.4, -0.2) is 16.6 Å². The first-order valence-corrected chi connectivity index (χ1v) is 9.20. The molecular formula is C19H17F3N2O2S. The van der Waals surface area contributed by atoms with Crippen LogP contribution in [-0.2, 0) is 11.9 Å². The Balaban J connectivity index is 1.61. The lowest BCUT2D eigenvalue weighted by atomic mass is 10.0. The Bertz CT molecular complexity index is 862. The summed E-state index contributed by atoms with van der Waals surface area (Å²) in [6.07, 6.45) is -3.14. The lowest BCUT2D eigenvalue weighted by Gasteiger charge is -2.13. The summed E-state index contributed by atoms with van der Waals surface area (Å²) in [5.74, 6) is 0.00659. The molecule has 1 amide bonds. The van der Waals surface area contributed by atoms with Gasteiger partial charge >= 0.3 is 6.18 Å². The van der Waals surface area contributed by atoms with Gasteiger partial charge in [-0.15, -0.1) is 0 Å². The molecule has 0 radical (unpaired) electrons. The Morgan fingerprint density at radius 2 is 1.70 bits per heavy atom. The fraction of sp³-hybridized carbons (Fsp3) is 0.263. The van der Waals surface area contributed by atoms with Crippen molar-refractivity contribution in [2.75, 3.05) is 5.32 Å². The molecule has 1 aliphatic rings. The van der Waals surface area contributed by atoms with E-state index in [1.165, 1.54) is 12.1 Å². The second-order valence-electron chi connectivity index (χ2n) is 6.43. The van der Waals surface area contributed by atoms with Crippen molar-refractivity contribution in [2.45, 2.75) is 30.3 Å². The van der Waals surface area contributed by atoms with Crippen LogP contribution >= 0.6 is 11.8 Å². The van der Waals surface area contributed by atoms with Gasteiger partial charge in [0.05, 0.1) is 16.8 Å². The first-order valence-electron chi connectivity index (χ1n) is 8.22. The number of hydrogen-bond acceptors (Lipinski definition) is 4. The molecule has 1 aliphatic carbocycles. The molecule has 0 aromatic heterocycles. The van der Waals surface area contributed by atoms with E-state index in [1.54, 1.807) is 24.3 Å². The molecule has 2 aromatic carbocycles. The topological polar surface area (TPSA) is 72.2 Å². The summed E-state index contributed by atoms with van der Waals surface area (Å²) in [5.41, 5.74) is 5.71. The maximum atomic E-state index is 12.6. The van der Waals surface area contributed by atoms with Crippen LogP contribution in [0.4, 0.5) is 23.7 Å². The van der Waals surface area contributed by atoms with E-state index in [0.29, 0.717) is 29.7 Å². The van der Waals surface area contributed by atoms with E-state index in [1.807, 2.05) is 0 Å². The van der Waals surface area contributed by atoms with Gasteiger partial charge in [-0.25, -0.2) is 0 Å². The molecule has 2 aromatic rings. The number of anilines is 1. The molecular weight excluding hydrogens is 377 g/mol. The minimum absolute atomic E-state index is 0.203. The van der Waals surface area contributed by atoms with Crippen molar-refractivity contribution >= 4 is 28.5 Å². The van der Waals surface area contributed by atoms with Gasteiger partial charge in [-0.1, -0.05) is 36.0 Å². The number of Topliss-reactive ketones (excluding diaryl/α,β-unsaturated/α-hetero) is 1. The smallest absolute Gasteiger partial charge is 0.319 e. The Labute approximate surface area is 158 Å². The van der Waals surface area contributed by atoms with Gasteiger partial charge < -0.3 is 11.1 Å². The number of carbonyl (C=O) groups excluding carboxylic acids is 2. The third-order valence-corrected chi connectivity index (χ3v) is 5.14. The van der Waals surface area contributed by atoms with Crippen LogP contribution < -0.4 is 11.1 Å². The summed E-state index contributed by atoms with van der Waals surface area (Å²) in [6, 6.07) is 11.3. The summed E-state index contributed by atoms with van der Waals surface area (Å²) >= 11 is 0.907. The minimum Gasteiger partial charge on any atom is -0.319 e. The first-order chi connectivity index (χ1) is 12.7. The molecule has 0 saturated heterocycles. The number of nitrogens with one attached hydrogen (secondary N) is 1. The summed E-state index contributed by atoms with van der Waals surface area (Å²) in [4.78, 5) is 24.6. The zero-order chi connectivity index (χ0) is 19.7. The fourth-order valence-corrected chi connectivity index (χ4v) is 3.18. The van der Waals surface area contributed by atoms with Crippen LogP contribution in [0.5, 0.6) is 0 Å². The van der Waals surface area contributed by atoms with E-state index >= 15 is 0 Å². The number of alkyl halides is 3. The van der Waals surface area contributed by atoms with Crippen molar-refractivity contribution in [3.63, 3.8) is 0 Å². The van der Waals surface area contributed by atoms with E-state index in [0.717, 1.165) is 23.9 Å². The molecule has 27 heavy (non-hydrogen) atoms. The number of thioether (sulfide) groups is 1. The number of ketones is 1. The van der Waals surface area contributed by atoms with Crippen molar-refractivity contribution in [1.29, 1.82) is 0 Å². The quantitative estimate of drug-likeness (QED) is 0.712. The number of para-hydroxylation sites is 1. The van der Waals surface area contributed by atoms with Crippen LogP contribution in [0.15, 0.2) is 48.5 Å². The summed E-state index contributed by atoms with van der Waals surface area (Å²) < 4.78 is 37.7. The molecule has 0 aliphatic heterocycles. The lowest BCUT2D eigenvalue weighted by Crippen LogP contribution is -2.33. The number of amides is 1. The normalized spacial score (nSPS) is 15.3. The third-order valence-electron chi connectivity index (χ3n) is 4.30. The standard InChI is InChI=1S/C19H17F3N2O2S/c20-19(21,22)13-7-5-12(6-8-13)11-27-17(26)24-15-4-2-1-3-14(15)16(25)18(23)9-10-18/h1-8H,9-11,23H2,(H,24,26). The highest BCUT2D eigenvalue weighted by Gasteiger charge is 2.46. The SMILES string of the molecule is NC1(C(=O)c2ccccc2NC(=O)SCc2ccc(C(F)(F)F)cc2)CC1. The number of halogens is 3. The second kappa shape index (κ2) is 7.36. The summed E-state index contributed by atoms with van der Waals surface area (Å²) in [7, 11) is 0. The maximum Gasteiger partial charge on any atom is 0.416 e. The zero-order valence-corrected chi connectivity index (χ0v) is 15.0. The largest absolute Gasteiger partial charge is 0.416 e. The predicted octanol–water partition coefficient (Wildman–Crippen LogP) is 4.84. The van der Waals surface area contributed by atoms with Gasteiger partial charge in [0, 0.05) is 11.3 Å². The van der Waals surface area contributed by atoms with E-state index in [-0.39, 0.29) is 11.5 Å². The molecule has 4 nitrogen and oxygen atoms in total. The zero-order valence-electron chi connectivity index (χ0n) is 14.2. The molecule has 8 heteroatoms. The number of hydrogen-bond donors (Lipinski definition) is 2. The van der Waals surface area contributed by atoms with Gasteiger partial charge in [-0.05, 0) is 42.7 Å². The molecule has 0 heterocycles. The van der Waals surface area contributed by atoms with Crippen molar-refractivity contribution in [3.8, 4) is 0 Å².